The van der Waals surface area contributed by atoms with Crippen molar-refractivity contribution in [3.63, 3.8) is 0 Å². The molecule has 3 rings (SSSR count). The van der Waals surface area contributed by atoms with E-state index in [1.807, 2.05) is 49.4 Å². The van der Waals surface area contributed by atoms with Crippen LogP contribution in [0.4, 0.5) is 0 Å². The molecule has 0 bridgehead atoms. The molecule has 1 N–H and O–H groups in total. The Balaban J connectivity index is 1.71. The first-order valence-corrected chi connectivity index (χ1v) is 8.54. The van der Waals surface area contributed by atoms with Crippen molar-refractivity contribution >= 4 is 28.7 Å². The van der Waals surface area contributed by atoms with Gasteiger partial charge in [-0.2, -0.15) is 0 Å². The molecule has 0 aromatic heterocycles. The minimum atomic E-state index is -0.286. The van der Waals surface area contributed by atoms with Crippen LogP contribution in [0.5, 0.6) is 0 Å². The van der Waals surface area contributed by atoms with E-state index in [2.05, 4.69) is 10.5 Å². The molecular weight excluding hydrogens is 322 g/mol. The van der Waals surface area contributed by atoms with Crippen LogP contribution in [0.3, 0.4) is 0 Å². The van der Waals surface area contributed by atoms with Crippen molar-refractivity contribution in [3.8, 4) is 0 Å². The molecule has 5 nitrogen and oxygen atoms in total. The number of benzene rings is 2. The van der Waals surface area contributed by atoms with Gasteiger partial charge in [-0.1, -0.05) is 59.8 Å². The van der Waals surface area contributed by atoms with Gasteiger partial charge in [0.1, 0.15) is 0 Å². The van der Waals surface area contributed by atoms with Crippen LogP contribution in [-0.4, -0.2) is 27.6 Å². The molecule has 1 aliphatic heterocycles. The van der Waals surface area contributed by atoms with Crippen LogP contribution in [0.25, 0.3) is 0 Å². The molecule has 0 unspecified atom stereocenters. The molecule has 0 saturated carbocycles. The number of thioether (sulfide) groups is 1. The number of hydrogen-bond acceptors (Lipinski definition) is 4. The number of nitrogens with one attached hydrogen (secondary N) is 1. The number of hydrazone groups is 1. The molecule has 1 saturated heterocycles. The molecule has 0 spiro atoms. The summed E-state index contributed by atoms with van der Waals surface area (Å²) in [4.78, 5) is 25.8. The monoisotopic (exact) mass is 339 g/mol. The van der Waals surface area contributed by atoms with Crippen LogP contribution in [-0.2, 0) is 11.3 Å². The van der Waals surface area contributed by atoms with Gasteiger partial charge >= 0.3 is 0 Å². The van der Waals surface area contributed by atoms with Crippen molar-refractivity contribution < 1.29 is 9.59 Å². The fourth-order valence-electron chi connectivity index (χ4n) is 2.35. The first-order valence-electron chi connectivity index (χ1n) is 7.55. The van der Waals surface area contributed by atoms with Crippen LogP contribution in [0, 0.1) is 6.92 Å². The lowest BCUT2D eigenvalue weighted by molar-refractivity contribution is -0.124. The lowest BCUT2D eigenvalue weighted by atomic mass is 10.1. The summed E-state index contributed by atoms with van der Waals surface area (Å²) in [7, 11) is 0. The maximum atomic E-state index is 12.2. The molecule has 2 amide bonds. The lowest BCUT2D eigenvalue weighted by Gasteiger charge is -2.15. The van der Waals surface area contributed by atoms with Gasteiger partial charge in [0.2, 0.25) is 5.91 Å². The van der Waals surface area contributed by atoms with Gasteiger partial charge in [0.15, 0.2) is 5.17 Å². The molecule has 1 heterocycles. The quantitative estimate of drug-likeness (QED) is 0.871. The van der Waals surface area contributed by atoms with Gasteiger partial charge in [0.05, 0.1) is 12.3 Å². The fraction of sp³-hybridized carbons (Fsp3) is 0.167. The van der Waals surface area contributed by atoms with E-state index >= 15 is 0 Å². The van der Waals surface area contributed by atoms with Crippen molar-refractivity contribution in [1.82, 2.24) is 10.3 Å². The fourth-order valence-corrected chi connectivity index (χ4v) is 3.19. The van der Waals surface area contributed by atoms with Crippen LogP contribution in [0.2, 0.25) is 0 Å². The van der Waals surface area contributed by atoms with Gasteiger partial charge in [-0.05, 0) is 24.6 Å². The molecule has 24 heavy (non-hydrogen) atoms. The average molecular weight is 339 g/mol. The summed E-state index contributed by atoms with van der Waals surface area (Å²) in [5, 5.41) is 4.66. The second kappa shape index (κ2) is 7.31. The summed E-state index contributed by atoms with van der Waals surface area (Å²) in [5.41, 5.74) is 5.11. The summed E-state index contributed by atoms with van der Waals surface area (Å²) in [5.74, 6) is 0.0460. The Hall–Kier alpha value is -2.60. The first-order chi connectivity index (χ1) is 11.6. The molecule has 0 radical (unpaired) electrons. The standard InChI is InChI=1S/C18H17N3O2S/c1-13-6-5-9-15(10-13)17(23)19-20-18-21(16(22)12-24-18)11-14-7-3-2-4-8-14/h2-10H,11-12H2,1H3,(H,19,23)/b20-18-. The van der Waals surface area contributed by atoms with Crippen LogP contribution in [0.1, 0.15) is 21.5 Å². The van der Waals surface area contributed by atoms with Gasteiger partial charge in [0.25, 0.3) is 5.91 Å². The van der Waals surface area contributed by atoms with Gasteiger partial charge < -0.3 is 0 Å². The first kappa shape index (κ1) is 16.3. The zero-order chi connectivity index (χ0) is 16.9. The lowest BCUT2D eigenvalue weighted by Crippen LogP contribution is -2.31. The Morgan fingerprint density at radius 3 is 2.75 bits per heavy atom. The Bertz CT molecular complexity index is 790. The highest BCUT2D eigenvalue weighted by molar-refractivity contribution is 8.15. The summed E-state index contributed by atoms with van der Waals surface area (Å²) in [6.07, 6.45) is 0. The van der Waals surface area contributed by atoms with E-state index in [1.165, 1.54) is 11.8 Å². The Kier molecular flexibility index (Phi) is 4.96. The molecular formula is C18H17N3O2S. The molecule has 2 aromatic rings. The van der Waals surface area contributed by atoms with Crippen molar-refractivity contribution in [3.05, 3.63) is 71.3 Å². The number of rotatable bonds is 4. The Labute approximate surface area is 144 Å². The second-order valence-electron chi connectivity index (χ2n) is 5.46. The predicted molar refractivity (Wildman–Crippen MR) is 95.5 cm³/mol. The Morgan fingerprint density at radius 1 is 1.21 bits per heavy atom. The third kappa shape index (κ3) is 3.83. The molecule has 1 aliphatic rings. The zero-order valence-corrected chi connectivity index (χ0v) is 14.0. The molecule has 6 heteroatoms. The molecule has 1 fully saturated rings. The number of amidine groups is 1. The summed E-state index contributed by atoms with van der Waals surface area (Å²) < 4.78 is 0. The highest BCUT2D eigenvalue weighted by Gasteiger charge is 2.28. The van der Waals surface area contributed by atoms with Crippen LogP contribution in [0.15, 0.2) is 59.7 Å². The van der Waals surface area contributed by atoms with Gasteiger partial charge in [-0.15, -0.1) is 5.10 Å². The van der Waals surface area contributed by atoms with Crippen molar-refractivity contribution in [2.45, 2.75) is 13.5 Å². The predicted octanol–water partition coefficient (Wildman–Crippen LogP) is 2.77. The van der Waals surface area contributed by atoms with E-state index in [1.54, 1.807) is 17.0 Å². The summed E-state index contributed by atoms with van der Waals surface area (Å²) in [6.45, 7) is 2.38. The number of aryl methyl sites for hydroxylation is 1. The van der Waals surface area contributed by atoms with E-state index in [-0.39, 0.29) is 11.8 Å². The van der Waals surface area contributed by atoms with Crippen molar-refractivity contribution in [1.29, 1.82) is 0 Å². The van der Waals surface area contributed by atoms with Crippen molar-refractivity contribution in [2.75, 3.05) is 5.75 Å². The number of hydrogen-bond donors (Lipinski definition) is 1. The normalized spacial score (nSPS) is 15.8. The third-order valence-corrected chi connectivity index (χ3v) is 4.53. The van der Waals surface area contributed by atoms with Gasteiger partial charge in [-0.25, -0.2) is 5.43 Å². The minimum Gasteiger partial charge on any atom is -0.285 e. The third-order valence-electron chi connectivity index (χ3n) is 3.57. The topological polar surface area (TPSA) is 61.8 Å². The Morgan fingerprint density at radius 2 is 2.00 bits per heavy atom. The molecule has 2 aromatic carbocycles. The largest absolute Gasteiger partial charge is 0.285 e. The number of nitrogens with zero attached hydrogens (tertiary/aromatic N) is 2. The average Bonchev–Trinajstić information content (AvgIpc) is 2.94. The van der Waals surface area contributed by atoms with E-state index in [4.69, 9.17) is 0 Å². The number of amides is 2. The SMILES string of the molecule is Cc1cccc(C(=O)N/N=C2\SCC(=O)N2Cc2ccccc2)c1. The van der Waals surface area contributed by atoms with Crippen LogP contribution >= 0.6 is 11.8 Å². The van der Waals surface area contributed by atoms with Gasteiger partial charge in [0, 0.05) is 5.56 Å². The number of carbonyl (C=O) groups excluding carboxylic acids is 2. The maximum Gasteiger partial charge on any atom is 0.271 e. The molecule has 0 aliphatic carbocycles. The summed E-state index contributed by atoms with van der Waals surface area (Å²) in [6, 6.07) is 17.0. The van der Waals surface area contributed by atoms with E-state index in [9.17, 15) is 9.59 Å². The van der Waals surface area contributed by atoms with Crippen LogP contribution < -0.4 is 5.43 Å². The van der Waals surface area contributed by atoms with Crippen molar-refractivity contribution in [2.24, 2.45) is 5.10 Å². The minimum absolute atomic E-state index is 0.00703. The number of carbonyl (C=O) groups is 2. The molecule has 0 atom stereocenters. The zero-order valence-electron chi connectivity index (χ0n) is 13.2. The van der Waals surface area contributed by atoms with E-state index in [0.29, 0.717) is 23.0 Å². The second-order valence-corrected chi connectivity index (χ2v) is 6.40. The van der Waals surface area contributed by atoms with E-state index in [0.717, 1.165) is 11.1 Å². The van der Waals surface area contributed by atoms with E-state index < -0.39 is 0 Å². The highest BCUT2D eigenvalue weighted by Crippen LogP contribution is 2.21. The summed E-state index contributed by atoms with van der Waals surface area (Å²) >= 11 is 1.33. The molecule has 122 valence electrons. The maximum absolute atomic E-state index is 12.2. The highest BCUT2D eigenvalue weighted by atomic mass is 32.2. The van der Waals surface area contributed by atoms with Gasteiger partial charge in [-0.3, -0.25) is 14.5 Å². The smallest absolute Gasteiger partial charge is 0.271 e.